The minimum absolute atomic E-state index is 0. The number of nitrogens with zero attached hydrogens (tertiary/aromatic N) is 1. The number of aliphatic carboxylic acids is 2. The first-order chi connectivity index (χ1) is 6.08. The van der Waals surface area contributed by atoms with Gasteiger partial charge in [-0.1, -0.05) is 0 Å². The van der Waals surface area contributed by atoms with Crippen molar-refractivity contribution in [3.8, 4) is 0 Å². The fourth-order valence-electron chi connectivity index (χ4n) is 1.03. The van der Waals surface area contributed by atoms with E-state index in [1.54, 1.807) is 0 Å². The Morgan fingerprint density at radius 1 is 1.36 bits per heavy atom. The molecule has 6 nitrogen and oxygen atoms in total. The third-order valence-corrected chi connectivity index (χ3v) is 1.58. The predicted octanol–water partition coefficient (Wildman–Crippen LogP) is -4.03. The topological polar surface area (TPSA) is 90.4 Å². The minimum atomic E-state index is -1.03. The Labute approximate surface area is 105 Å². The Kier molecular flexibility index (Phi) is 6.30. The van der Waals surface area contributed by atoms with Gasteiger partial charge in [0.2, 0.25) is 0 Å². The predicted molar refractivity (Wildman–Crippen MR) is 42.6 cm³/mol. The molecule has 1 aliphatic heterocycles. The van der Waals surface area contributed by atoms with Crippen LogP contribution in [0.3, 0.4) is 0 Å². The maximum absolute atomic E-state index is 10.3. The summed E-state index contributed by atoms with van der Waals surface area (Å²) in [5, 5.41) is 16.9. The van der Waals surface area contributed by atoms with Crippen molar-refractivity contribution in [3.05, 3.63) is 0 Å². The largest absolute Gasteiger partial charge is 1.00 e. The Bertz CT molecular complexity index is 207. The first-order valence-electron chi connectivity index (χ1n) is 3.85. The van der Waals surface area contributed by atoms with Gasteiger partial charge in [-0.25, -0.2) is 0 Å². The Morgan fingerprint density at radius 3 is 2.07 bits per heavy atom. The van der Waals surface area contributed by atoms with E-state index in [1.807, 2.05) is 0 Å². The summed E-state index contributed by atoms with van der Waals surface area (Å²) in [7, 11) is 0. The van der Waals surface area contributed by atoms with Gasteiger partial charge in [-0.2, -0.15) is 0 Å². The standard InChI is InChI=1S/C7H11NO5.Na.H/c9-6(10)2-8(3-7(11)12)1-5-4-13-5;;/h5H,1-4H2,(H,9,10)(H,11,12);;/q;+1;-1. The van der Waals surface area contributed by atoms with Crippen molar-refractivity contribution in [2.24, 2.45) is 0 Å². The number of hydrogen-bond acceptors (Lipinski definition) is 4. The van der Waals surface area contributed by atoms with Crippen molar-refractivity contribution in [2.45, 2.75) is 6.10 Å². The zero-order chi connectivity index (χ0) is 9.84. The minimum Gasteiger partial charge on any atom is -1.00 e. The number of carbonyl (C=O) groups is 2. The first-order valence-corrected chi connectivity index (χ1v) is 3.85. The van der Waals surface area contributed by atoms with Gasteiger partial charge in [0.1, 0.15) is 0 Å². The van der Waals surface area contributed by atoms with Crippen molar-refractivity contribution in [2.75, 3.05) is 26.2 Å². The summed E-state index contributed by atoms with van der Waals surface area (Å²) in [6.45, 7) is 0.451. The molecule has 0 aromatic rings. The van der Waals surface area contributed by atoms with Crippen LogP contribution >= 0.6 is 0 Å². The third kappa shape index (κ3) is 6.33. The molecule has 0 radical (unpaired) electrons. The van der Waals surface area contributed by atoms with Crippen molar-refractivity contribution in [1.29, 1.82) is 0 Å². The summed E-state index contributed by atoms with van der Waals surface area (Å²) >= 11 is 0. The molecule has 1 rings (SSSR count). The zero-order valence-electron chi connectivity index (χ0n) is 8.97. The van der Waals surface area contributed by atoms with E-state index in [1.165, 1.54) is 4.90 Å². The molecule has 14 heavy (non-hydrogen) atoms. The molecule has 2 N–H and O–H groups in total. The molecule has 1 atom stereocenters. The van der Waals surface area contributed by atoms with Gasteiger partial charge in [0.15, 0.2) is 0 Å². The van der Waals surface area contributed by atoms with E-state index in [9.17, 15) is 9.59 Å². The van der Waals surface area contributed by atoms with E-state index in [4.69, 9.17) is 14.9 Å². The summed E-state index contributed by atoms with van der Waals surface area (Å²) in [5.74, 6) is -2.05. The zero-order valence-corrected chi connectivity index (χ0v) is 9.97. The van der Waals surface area contributed by atoms with Crippen LogP contribution in [0.25, 0.3) is 0 Å². The number of carboxylic acid groups (broad SMARTS) is 2. The summed E-state index contributed by atoms with van der Waals surface area (Å²) < 4.78 is 4.87. The van der Waals surface area contributed by atoms with Crippen molar-refractivity contribution < 1.29 is 55.5 Å². The van der Waals surface area contributed by atoms with E-state index in [-0.39, 0.29) is 50.2 Å². The van der Waals surface area contributed by atoms with Crippen LogP contribution < -0.4 is 29.6 Å². The molecule has 0 amide bonds. The molecular weight excluding hydrogens is 201 g/mol. The Balaban J connectivity index is 0. The number of hydrogen-bond donors (Lipinski definition) is 2. The van der Waals surface area contributed by atoms with Gasteiger partial charge >= 0.3 is 41.5 Å². The van der Waals surface area contributed by atoms with Crippen LogP contribution in [0.5, 0.6) is 0 Å². The second-order valence-corrected chi connectivity index (χ2v) is 2.91. The molecule has 1 saturated heterocycles. The van der Waals surface area contributed by atoms with Crippen LogP contribution in [-0.2, 0) is 14.3 Å². The quantitative estimate of drug-likeness (QED) is 0.345. The molecule has 0 aromatic heterocycles. The van der Waals surface area contributed by atoms with Crippen LogP contribution in [0.15, 0.2) is 0 Å². The average molecular weight is 213 g/mol. The van der Waals surface area contributed by atoms with Gasteiger partial charge in [-0.05, 0) is 0 Å². The molecule has 0 bridgehead atoms. The molecule has 1 aliphatic rings. The van der Waals surface area contributed by atoms with E-state index < -0.39 is 11.9 Å². The Hall–Kier alpha value is -0.140. The third-order valence-electron chi connectivity index (χ3n) is 1.58. The number of rotatable bonds is 6. The van der Waals surface area contributed by atoms with Gasteiger partial charge < -0.3 is 16.4 Å². The molecule has 0 aliphatic carbocycles. The molecule has 0 aromatic carbocycles. The number of epoxide rings is 1. The summed E-state index contributed by atoms with van der Waals surface area (Å²) in [4.78, 5) is 22.0. The van der Waals surface area contributed by atoms with Crippen LogP contribution in [0.2, 0.25) is 0 Å². The van der Waals surface area contributed by atoms with E-state index >= 15 is 0 Å². The van der Waals surface area contributed by atoms with Gasteiger partial charge in [0.25, 0.3) is 0 Å². The second-order valence-electron chi connectivity index (χ2n) is 2.91. The summed E-state index contributed by atoms with van der Waals surface area (Å²) in [5.41, 5.74) is 0. The first kappa shape index (κ1) is 13.9. The molecule has 7 heteroatoms. The van der Waals surface area contributed by atoms with Gasteiger partial charge in [-0.3, -0.25) is 14.5 Å². The monoisotopic (exact) mass is 213 g/mol. The maximum Gasteiger partial charge on any atom is 1.00 e. The van der Waals surface area contributed by atoms with Crippen LogP contribution in [0.4, 0.5) is 0 Å². The smallest absolute Gasteiger partial charge is 1.00 e. The molecule has 1 unspecified atom stereocenters. The van der Waals surface area contributed by atoms with Crippen molar-refractivity contribution in [3.63, 3.8) is 0 Å². The summed E-state index contributed by atoms with van der Waals surface area (Å²) in [6, 6.07) is 0. The number of ether oxygens (including phenoxy) is 1. The fourth-order valence-corrected chi connectivity index (χ4v) is 1.03. The van der Waals surface area contributed by atoms with E-state index in [0.717, 1.165) is 0 Å². The summed E-state index contributed by atoms with van der Waals surface area (Å²) in [6.07, 6.45) is 0.0127. The Morgan fingerprint density at radius 2 is 1.79 bits per heavy atom. The molecule has 0 saturated carbocycles. The fraction of sp³-hybridized carbons (Fsp3) is 0.714. The average Bonchev–Trinajstić information content (AvgIpc) is 2.67. The van der Waals surface area contributed by atoms with Gasteiger partial charge in [0.05, 0.1) is 25.8 Å². The van der Waals surface area contributed by atoms with E-state index in [2.05, 4.69) is 0 Å². The van der Waals surface area contributed by atoms with Crippen molar-refractivity contribution in [1.82, 2.24) is 4.90 Å². The molecule has 76 valence electrons. The molecular formula is C7H12NNaO5. The van der Waals surface area contributed by atoms with Crippen LogP contribution in [0.1, 0.15) is 1.43 Å². The maximum atomic E-state index is 10.3. The van der Waals surface area contributed by atoms with Gasteiger partial charge in [-0.15, -0.1) is 0 Å². The van der Waals surface area contributed by atoms with Crippen LogP contribution in [-0.4, -0.2) is 59.4 Å². The molecule has 1 fully saturated rings. The number of carboxylic acids is 2. The van der Waals surface area contributed by atoms with Crippen LogP contribution in [0, 0.1) is 0 Å². The van der Waals surface area contributed by atoms with E-state index in [0.29, 0.717) is 13.2 Å². The normalized spacial score (nSPS) is 18.8. The molecule has 0 spiro atoms. The molecule has 1 heterocycles. The van der Waals surface area contributed by atoms with Gasteiger partial charge in [0, 0.05) is 6.54 Å². The SMILES string of the molecule is O=C(O)CN(CC(=O)O)CC1CO1.[H-].[Na+]. The second kappa shape index (κ2) is 6.36. The van der Waals surface area contributed by atoms with Crippen molar-refractivity contribution >= 4 is 11.9 Å².